The van der Waals surface area contributed by atoms with Gasteiger partial charge in [0.1, 0.15) is 11.6 Å². The molecule has 0 aliphatic carbocycles. The van der Waals surface area contributed by atoms with Crippen molar-refractivity contribution in [2.24, 2.45) is 0 Å². The molecule has 0 saturated carbocycles. The lowest BCUT2D eigenvalue weighted by atomic mass is 9.88. The number of hydrogen-bond donors (Lipinski definition) is 0. The number of carbonyl (C=O) groups excluding carboxylic acids is 1. The van der Waals surface area contributed by atoms with Crippen LogP contribution in [0.1, 0.15) is 30.0 Å². The van der Waals surface area contributed by atoms with Crippen molar-refractivity contribution in [1.82, 2.24) is 14.9 Å². The summed E-state index contributed by atoms with van der Waals surface area (Å²) in [5, 5.41) is 0. The van der Waals surface area contributed by atoms with Crippen LogP contribution in [0.15, 0.2) is 54.7 Å². The van der Waals surface area contributed by atoms with Crippen molar-refractivity contribution in [3.63, 3.8) is 0 Å². The van der Waals surface area contributed by atoms with Gasteiger partial charge in [-0.1, -0.05) is 24.3 Å². The standard InChI is InChI=1S/C25H26F2N4O/c1-30(2)25-28-16-22(19-4-3-5-21(27)15-19)24(29-25)18-10-12-31(13-11-18)23(32)14-17-6-8-20(26)9-7-17/h3-9,15-16,18H,10-14H2,1-2H3. The molecule has 1 aromatic heterocycles. The van der Waals surface area contributed by atoms with Gasteiger partial charge in [0, 0.05) is 44.9 Å². The Labute approximate surface area is 186 Å². The fraction of sp³-hybridized carbons (Fsp3) is 0.320. The van der Waals surface area contributed by atoms with Gasteiger partial charge in [-0.05, 0) is 48.2 Å². The summed E-state index contributed by atoms with van der Waals surface area (Å²) in [7, 11) is 3.77. The molecule has 0 spiro atoms. The van der Waals surface area contributed by atoms with Gasteiger partial charge in [0.05, 0.1) is 12.1 Å². The molecule has 4 rings (SSSR count). The van der Waals surface area contributed by atoms with Crippen molar-refractivity contribution in [3.05, 3.63) is 77.6 Å². The van der Waals surface area contributed by atoms with E-state index in [1.165, 1.54) is 24.3 Å². The Morgan fingerprint density at radius 3 is 2.44 bits per heavy atom. The molecule has 7 heteroatoms. The van der Waals surface area contributed by atoms with E-state index in [0.717, 1.165) is 35.2 Å². The summed E-state index contributed by atoms with van der Waals surface area (Å²) in [5.74, 6) is 0.182. The zero-order valence-electron chi connectivity index (χ0n) is 18.3. The number of likely N-dealkylation sites (tertiary alicyclic amines) is 1. The molecule has 0 radical (unpaired) electrons. The predicted octanol–water partition coefficient (Wildman–Crippen LogP) is 4.44. The van der Waals surface area contributed by atoms with Crippen LogP contribution in [0.2, 0.25) is 0 Å². The highest BCUT2D eigenvalue weighted by molar-refractivity contribution is 5.79. The van der Waals surface area contributed by atoms with Gasteiger partial charge in [0.15, 0.2) is 0 Å². The molecule has 3 aromatic rings. The van der Waals surface area contributed by atoms with Crippen LogP contribution in [0.5, 0.6) is 0 Å². The van der Waals surface area contributed by atoms with E-state index in [2.05, 4.69) is 4.98 Å². The fourth-order valence-corrected chi connectivity index (χ4v) is 4.08. The minimum atomic E-state index is -0.307. The van der Waals surface area contributed by atoms with E-state index in [0.29, 0.717) is 19.0 Å². The Hall–Kier alpha value is -3.35. The number of piperidine rings is 1. The maximum atomic E-state index is 13.9. The van der Waals surface area contributed by atoms with Crippen LogP contribution in [-0.4, -0.2) is 48.0 Å². The highest BCUT2D eigenvalue weighted by Gasteiger charge is 2.27. The summed E-state index contributed by atoms with van der Waals surface area (Å²) < 4.78 is 27.0. The van der Waals surface area contributed by atoms with Crippen LogP contribution >= 0.6 is 0 Å². The van der Waals surface area contributed by atoms with Gasteiger partial charge in [-0.25, -0.2) is 18.7 Å². The zero-order valence-corrected chi connectivity index (χ0v) is 18.3. The third-order valence-corrected chi connectivity index (χ3v) is 5.84. The van der Waals surface area contributed by atoms with Crippen LogP contribution in [0.4, 0.5) is 14.7 Å². The maximum absolute atomic E-state index is 13.9. The average molecular weight is 437 g/mol. The third kappa shape index (κ3) is 4.93. The first kappa shape index (κ1) is 21.9. The largest absolute Gasteiger partial charge is 0.347 e. The predicted molar refractivity (Wildman–Crippen MR) is 120 cm³/mol. The summed E-state index contributed by atoms with van der Waals surface area (Å²) in [5.41, 5.74) is 3.27. The second-order valence-corrected chi connectivity index (χ2v) is 8.33. The molecule has 0 N–H and O–H groups in total. The van der Waals surface area contributed by atoms with Gasteiger partial charge >= 0.3 is 0 Å². The van der Waals surface area contributed by atoms with Crippen LogP contribution in [0.3, 0.4) is 0 Å². The Bertz CT molecular complexity index is 1090. The molecule has 2 heterocycles. The minimum absolute atomic E-state index is 0.0390. The number of rotatable bonds is 5. The SMILES string of the molecule is CN(C)c1ncc(-c2cccc(F)c2)c(C2CCN(C(=O)Cc3ccc(F)cc3)CC2)n1. The van der Waals surface area contributed by atoms with Crippen LogP contribution in [0, 0.1) is 11.6 Å². The van der Waals surface area contributed by atoms with E-state index in [1.54, 1.807) is 24.4 Å². The number of aromatic nitrogens is 2. The number of benzene rings is 2. The van der Waals surface area contributed by atoms with Gasteiger partial charge in [0.25, 0.3) is 0 Å². The quantitative estimate of drug-likeness (QED) is 0.594. The Balaban J connectivity index is 1.51. The molecule has 0 atom stereocenters. The highest BCUT2D eigenvalue weighted by atomic mass is 19.1. The lowest BCUT2D eigenvalue weighted by molar-refractivity contribution is -0.131. The van der Waals surface area contributed by atoms with E-state index < -0.39 is 0 Å². The van der Waals surface area contributed by atoms with Gasteiger partial charge in [0.2, 0.25) is 11.9 Å². The molecule has 2 aromatic carbocycles. The van der Waals surface area contributed by atoms with Crippen molar-refractivity contribution in [1.29, 1.82) is 0 Å². The fourth-order valence-electron chi connectivity index (χ4n) is 4.08. The third-order valence-electron chi connectivity index (χ3n) is 5.84. The van der Waals surface area contributed by atoms with Crippen molar-refractivity contribution in [2.45, 2.75) is 25.2 Å². The molecule has 0 unspecified atom stereocenters. The Morgan fingerprint density at radius 2 is 1.78 bits per heavy atom. The number of nitrogens with zero attached hydrogens (tertiary/aromatic N) is 4. The number of carbonyl (C=O) groups is 1. The lowest BCUT2D eigenvalue weighted by Gasteiger charge is -2.33. The van der Waals surface area contributed by atoms with E-state index >= 15 is 0 Å². The second-order valence-electron chi connectivity index (χ2n) is 8.33. The summed E-state index contributed by atoms with van der Waals surface area (Å²) in [6.07, 6.45) is 3.55. The highest BCUT2D eigenvalue weighted by Crippen LogP contribution is 2.35. The van der Waals surface area contributed by atoms with E-state index in [4.69, 9.17) is 4.98 Å². The number of halogens is 2. The Morgan fingerprint density at radius 1 is 1.06 bits per heavy atom. The maximum Gasteiger partial charge on any atom is 0.226 e. The molecule has 32 heavy (non-hydrogen) atoms. The Kier molecular flexibility index (Phi) is 6.44. The van der Waals surface area contributed by atoms with Crippen LogP contribution < -0.4 is 4.90 Å². The molecule has 1 aliphatic rings. The number of hydrogen-bond acceptors (Lipinski definition) is 4. The number of amides is 1. The topological polar surface area (TPSA) is 49.3 Å². The van der Waals surface area contributed by atoms with Crippen molar-refractivity contribution in [2.75, 3.05) is 32.1 Å². The van der Waals surface area contributed by atoms with E-state index in [1.807, 2.05) is 30.0 Å². The molecule has 1 fully saturated rings. The van der Waals surface area contributed by atoms with E-state index in [9.17, 15) is 13.6 Å². The lowest BCUT2D eigenvalue weighted by Crippen LogP contribution is -2.39. The summed E-state index contributed by atoms with van der Waals surface area (Å²) in [6, 6.07) is 12.5. The van der Waals surface area contributed by atoms with Crippen LogP contribution in [-0.2, 0) is 11.2 Å². The molecule has 166 valence electrons. The summed E-state index contributed by atoms with van der Waals surface area (Å²) >= 11 is 0. The summed E-state index contributed by atoms with van der Waals surface area (Å²) in [4.78, 5) is 25.7. The molecule has 5 nitrogen and oxygen atoms in total. The van der Waals surface area contributed by atoms with Gasteiger partial charge in [-0.15, -0.1) is 0 Å². The van der Waals surface area contributed by atoms with Crippen molar-refractivity contribution >= 4 is 11.9 Å². The molecule has 1 aliphatic heterocycles. The summed E-state index contributed by atoms with van der Waals surface area (Å²) in [6.45, 7) is 1.24. The smallest absolute Gasteiger partial charge is 0.226 e. The first-order chi connectivity index (χ1) is 15.4. The van der Waals surface area contributed by atoms with Crippen molar-refractivity contribution in [3.8, 4) is 11.1 Å². The minimum Gasteiger partial charge on any atom is -0.347 e. The van der Waals surface area contributed by atoms with Gasteiger partial charge in [-0.2, -0.15) is 0 Å². The monoisotopic (exact) mass is 436 g/mol. The van der Waals surface area contributed by atoms with Crippen LogP contribution in [0.25, 0.3) is 11.1 Å². The molecule has 1 amide bonds. The first-order valence-corrected chi connectivity index (χ1v) is 10.7. The second kappa shape index (κ2) is 9.42. The number of anilines is 1. The normalized spacial score (nSPS) is 14.4. The van der Waals surface area contributed by atoms with Gasteiger partial charge < -0.3 is 9.80 Å². The zero-order chi connectivity index (χ0) is 22.7. The first-order valence-electron chi connectivity index (χ1n) is 10.7. The van der Waals surface area contributed by atoms with E-state index in [-0.39, 0.29) is 29.9 Å². The molecular formula is C25H26F2N4O. The molecular weight excluding hydrogens is 410 g/mol. The van der Waals surface area contributed by atoms with Crippen molar-refractivity contribution < 1.29 is 13.6 Å². The van der Waals surface area contributed by atoms with Gasteiger partial charge in [-0.3, -0.25) is 4.79 Å². The molecule has 0 bridgehead atoms. The average Bonchev–Trinajstić information content (AvgIpc) is 2.80. The molecule has 1 saturated heterocycles.